The predicted molar refractivity (Wildman–Crippen MR) is 133 cm³/mol. The molecule has 3 rings (SSSR count). The van der Waals surface area contributed by atoms with Crippen molar-refractivity contribution in [2.24, 2.45) is 10.4 Å². The van der Waals surface area contributed by atoms with Gasteiger partial charge in [-0.15, -0.1) is 24.0 Å². The van der Waals surface area contributed by atoms with Crippen LogP contribution in [0.5, 0.6) is 0 Å². The van der Waals surface area contributed by atoms with Gasteiger partial charge in [0.1, 0.15) is 0 Å². The molecule has 1 atom stereocenters. The Morgan fingerprint density at radius 1 is 1.27 bits per heavy atom. The number of aliphatic imine (C=N–C) groups is 1. The summed E-state index contributed by atoms with van der Waals surface area (Å²) in [4.78, 5) is 19.7. The average molecular weight is 528 g/mol. The van der Waals surface area contributed by atoms with Crippen molar-refractivity contribution in [2.45, 2.75) is 65.6 Å². The van der Waals surface area contributed by atoms with Gasteiger partial charge in [-0.25, -0.2) is 4.99 Å². The summed E-state index contributed by atoms with van der Waals surface area (Å²) in [6.45, 7) is 14.9. The summed E-state index contributed by atoms with van der Waals surface area (Å²) >= 11 is 0. The van der Waals surface area contributed by atoms with Crippen LogP contribution in [0.25, 0.3) is 0 Å². The second kappa shape index (κ2) is 10.3. The minimum Gasteiger partial charge on any atom is -0.376 e. The molecule has 0 bridgehead atoms. The first kappa shape index (κ1) is 24.9. The molecule has 2 heterocycles. The summed E-state index contributed by atoms with van der Waals surface area (Å²) < 4.78 is 5.58. The Morgan fingerprint density at radius 2 is 2.03 bits per heavy atom. The smallest absolute Gasteiger partial charge is 0.251 e. The third-order valence-electron chi connectivity index (χ3n) is 6.59. The molecule has 1 aromatic carbocycles. The van der Waals surface area contributed by atoms with E-state index in [4.69, 9.17) is 9.73 Å². The number of ether oxygens (including phenoxy) is 1. The number of benzene rings is 1. The molecular weight excluding hydrogens is 491 g/mol. The fourth-order valence-electron chi connectivity index (χ4n) is 3.89. The molecule has 1 aromatic rings. The van der Waals surface area contributed by atoms with Gasteiger partial charge in [0.05, 0.1) is 12.6 Å². The van der Waals surface area contributed by atoms with Crippen molar-refractivity contribution in [3.8, 4) is 0 Å². The summed E-state index contributed by atoms with van der Waals surface area (Å²) in [7, 11) is 0. The number of nitrogens with one attached hydrogen (secondary N) is 2. The molecule has 2 fully saturated rings. The first-order valence-electron chi connectivity index (χ1n) is 10.8. The molecular formula is C23H37IN4O2. The zero-order chi connectivity index (χ0) is 21.1. The molecule has 0 aliphatic carbocycles. The number of carbonyl (C=O) groups excluding carboxylic acids is 1. The summed E-state index contributed by atoms with van der Waals surface area (Å²) in [5.41, 5.74) is 2.01. The first-order valence-corrected chi connectivity index (χ1v) is 10.8. The Kier molecular flexibility index (Phi) is 8.56. The van der Waals surface area contributed by atoms with Gasteiger partial charge in [-0.3, -0.25) is 4.79 Å². The van der Waals surface area contributed by atoms with E-state index >= 15 is 0 Å². The van der Waals surface area contributed by atoms with Crippen molar-refractivity contribution in [2.75, 3.05) is 26.2 Å². The molecule has 2 aliphatic rings. The summed E-state index contributed by atoms with van der Waals surface area (Å²) in [6, 6.07) is 7.73. The normalized spacial score (nSPS) is 22.1. The molecule has 30 heavy (non-hydrogen) atoms. The number of halogens is 1. The van der Waals surface area contributed by atoms with Gasteiger partial charge < -0.3 is 20.3 Å². The van der Waals surface area contributed by atoms with E-state index in [1.54, 1.807) is 0 Å². The number of likely N-dealkylation sites (tertiary alicyclic amines) is 1. The Morgan fingerprint density at radius 3 is 2.63 bits per heavy atom. The molecule has 2 aliphatic heterocycles. The van der Waals surface area contributed by atoms with Crippen LogP contribution < -0.4 is 10.6 Å². The third-order valence-corrected chi connectivity index (χ3v) is 6.59. The van der Waals surface area contributed by atoms with Crippen molar-refractivity contribution in [3.05, 3.63) is 35.4 Å². The van der Waals surface area contributed by atoms with Crippen molar-refractivity contribution < 1.29 is 9.53 Å². The van der Waals surface area contributed by atoms with E-state index in [1.165, 1.54) is 0 Å². The van der Waals surface area contributed by atoms with E-state index in [2.05, 4.69) is 50.2 Å². The van der Waals surface area contributed by atoms with Crippen LogP contribution in [0, 0.1) is 5.41 Å². The van der Waals surface area contributed by atoms with Crippen LogP contribution in [0.15, 0.2) is 29.3 Å². The maximum atomic E-state index is 12.5. The van der Waals surface area contributed by atoms with Gasteiger partial charge in [-0.1, -0.05) is 26.0 Å². The van der Waals surface area contributed by atoms with Gasteiger partial charge in [-0.05, 0) is 51.3 Å². The molecule has 0 saturated carbocycles. The molecule has 6 nitrogen and oxygen atoms in total. The number of guanidine groups is 1. The van der Waals surface area contributed by atoms with E-state index in [-0.39, 0.29) is 46.9 Å². The van der Waals surface area contributed by atoms with E-state index in [0.29, 0.717) is 18.7 Å². The topological polar surface area (TPSA) is 66.0 Å². The number of hydrogen-bond acceptors (Lipinski definition) is 3. The number of rotatable bonds is 6. The zero-order valence-corrected chi connectivity index (χ0v) is 21.3. The maximum Gasteiger partial charge on any atom is 0.251 e. The van der Waals surface area contributed by atoms with Gasteiger partial charge in [0.25, 0.3) is 5.91 Å². The lowest BCUT2D eigenvalue weighted by Crippen LogP contribution is -2.72. The highest BCUT2D eigenvalue weighted by Crippen LogP contribution is 2.46. The predicted octanol–water partition coefficient (Wildman–Crippen LogP) is 3.80. The van der Waals surface area contributed by atoms with Crippen molar-refractivity contribution in [1.29, 1.82) is 0 Å². The average Bonchev–Trinajstić information content (AvgIpc) is 3.21. The zero-order valence-electron chi connectivity index (χ0n) is 19.0. The van der Waals surface area contributed by atoms with Crippen LogP contribution in [0.1, 0.15) is 63.4 Å². The molecule has 0 spiro atoms. The van der Waals surface area contributed by atoms with Gasteiger partial charge in [0.2, 0.25) is 0 Å². The van der Waals surface area contributed by atoms with Gasteiger partial charge in [-0.2, -0.15) is 0 Å². The highest BCUT2D eigenvalue weighted by molar-refractivity contribution is 14.0. The van der Waals surface area contributed by atoms with Crippen LogP contribution in [0.3, 0.4) is 0 Å². The Hall–Kier alpha value is -1.35. The lowest BCUT2D eigenvalue weighted by molar-refractivity contribution is -0.0667. The Balaban J connectivity index is 0.00000320. The SMILES string of the molecule is CCNC(=NCc1cccc(C(=O)NCC2CCCO2)c1)N1CC(C)(C)C1(C)C.I. The summed E-state index contributed by atoms with van der Waals surface area (Å²) in [6.07, 6.45) is 2.25. The van der Waals surface area contributed by atoms with Crippen molar-refractivity contribution >= 4 is 35.8 Å². The Labute approximate surface area is 198 Å². The van der Waals surface area contributed by atoms with Crippen molar-refractivity contribution in [1.82, 2.24) is 15.5 Å². The fourth-order valence-corrected chi connectivity index (χ4v) is 3.89. The molecule has 2 N–H and O–H groups in total. The summed E-state index contributed by atoms with van der Waals surface area (Å²) in [5.74, 6) is 0.883. The standard InChI is InChI=1S/C23H36N4O2.HI/c1-6-24-21(27-16-22(2,3)23(27,4)5)26-14-17-9-7-10-18(13-17)20(28)25-15-19-11-8-12-29-19;/h7,9-10,13,19H,6,8,11-12,14-16H2,1-5H3,(H,24,26)(H,25,28);1H. The lowest BCUT2D eigenvalue weighted by Gasteiger charge is -2.62. The van der Waals surface area contributed by atoms with E-state index < -0.39 is 0 Å². The van der Waals surface area contributed by atoms with Gasteiger partial charge in [0.15, 0.2) is 5.96 Å². The monoisotopic (exact) mass is 528 g/mol. The van der Waals surface area contributed by atoms with Gasteiger partial charge in [0, 0.05) is 42.8 Å². The van der Waals surface area contributed by atoms with Crippen LogP contribution >= 0.6 is 24.0 Å². The highest BCUT2D eigenvalue weighted by atomic mass is 127. The number of amides is 1. The van der Waals surface area contributed by atoms with E-state index in [1.807, 2.05) is 24.3 Å². The third kappa shape index (κ3) is 5.46. The van der Waals surface area contributed by atoms with Crippen LogP contribution in [-0.2, 0) is 11.3 Å². The largest absolute Gasteiger partial charge is 0.376 e. The minimum atomic E-state index is -0.0520. The second-order valence-electron chi connectivity index (χ2n) is 9.24. The molecule has 168 valence electrons. The van der Waals surface area contributed by atoms with E-state index in [9.17, 15) is 4.79 Å². The number of nitrogens with zero attached hydrogens (tertiary/aromatic N) is 2. The van der Waals surface area contributed by atoms with Crippen LogP contribution in [0.4, 0.5) is 0 Å². The molecule has 0 radical (unpaired) electrons. The second-order valence-corrected chi connectivity index (χ2v) is 9.24. The summed E-state index contributed by atoms with van der Waals surface area (Å²) in [5, 5.41) is 6.41. The Bertz CT molecular complexity index is 757. The van der Waals surface area contributed by atoms with Crippen LogP contribution in [0.2, 0.25) is 0 Å². The lowest BCUT2D eigenvalue weighted by atomic mass is 9.65. The quantitative estimate of drug-likeness (QED) is 0.335. The minimum absolute atomic E-state index is 0. The van der Waals surface area contributed by atoms with Crippen molar-refractivity contribution in [3.63, 3.8) is 0 Å². The molecule has 7 heteroatoms. The fraction of sp³-hybridized carbons (Fsp3) is 0.652. The first-order chi connectivity index (χ1) is 13.7. The number of carbonyl (C=O) groups is 1. The molecule has 1 amide bonds. The van der Waals surface area contributed by atoms with E-state index in [0.717, 1.165) is 44.1 Å². The maximum absolute atomic E-state index is 12.5. The molecule has 0 aromatic heterocycles. The number of hydrogen-bond donors (Lipinski definition) is 2. The van der Waals surface area contributed by atoms with Crippen LogP contribution in [-0.4, -0.2) is 54.7 Å². The molecule has 2 saturated heterocycles. The van der Waals surface area contributed by atoms with Gasteiger partial charge >= 0.3 is 0 Å². The molecule has 1 unspecified atom stereocenters. The highest BCUT2D eigenvalue weighted by Gasteiger charge is 2.53.